The van der Waals surface area contributed by atoms with Crippen molar-refractivity contribution in [3.8, 4) is 0 Å². The minimum absolute atomic E-state index is 0.177. The molecule has 2 saturated carbocycles. The number of hydrogen-bond acceptors (Lipinski definition) is 3. The first-order valence-corrected chi connectivity index (χ1v) is 12.8. The second-order valence-electron chi connectivity index (χ2n) is 9.57. The number of rotatable bonds is 4. The Bertz CT molecular complexity index is 839. The Morgan fingerprint density at radius 3 is 2.27 bits per heavy atom. The second kappa shape index (κ2) is 9.33. The van der Waals surface area contributed by atoms with E-state index in [1.54, 1.807) is 11.8 Å². The van der Waals surface area contributed by atoms with E-state index < -0.39 is 0 Å². The van der Waals surface area contributed by atoms with Crippen molar-refractivity contribution in [1.82, 2.24) is 9.47 Å². The molecule has 2 aliphatic carbocycles. The molecule has 2 heterocycles. The van der Waals surface area contributed by atoms with Gasteiger partial charge in [-0.3, -0.25) is 14.7 Å². The number of amides is 1. The van der Waals surface area contributed by atoms with Crippen LogP contribution in [0.5, 0.6) is 0 Å². The van der Waals surface area contributed by atoms with E-state index in [0.29, 0.717) is 18.1 Å². The minimum atomic E-state index is 0.177. The molecule has 1 amide bonds. The number of hydrogen-bond donors (Lipinski definition) is 0. The summed E-state index contributed by atoms with van der Waals surface area (Å²) in [6.45, 7) is 8.75. The van der Waals surface area contributed by atoms with E-state index in [0.717, 1.165) is 22.9 Å². The monoisotopic (exact) mass is 427 g/mol. The van der Waals surface area contributed by atoms with Crippen molar-refractivity contribution in [1.29, 1.82) is 0 Å². The maximum atomic E-state index is 13.5. The zero-order chi connectivity index (χ0) is 21.3. The maximum Gasteiger partial charge on any atom is 0.267 e. The average molecular weight is 428 g/mol. The van der Waals surface area contributed by atoms with Gasteiger partial charge in [0.2, 0.25) is 0 Å². The number of thioether (sulfide) groups is 1. The van der Waals surface area contributed by atoms with E-state index in [4.69, 9.17) is 4.99 Å². The highest BCUT2D eigenvalue weighted by Gasteiger charge is 2.39. The highest BCUT2D eigenvalue weighted by molar-refractivity contribution is 8.18. The number of carbonyl (C=O) groups is 1. The Hall–Kier alpha value is -1.49. The molecule has 3 aliphatic rings. The molecule has 0 N–H and O–H groups in total. The first-order valence-electron chi connectivity index (χ1n) is 11.9. The zero-order valence-electron chi connectivity index (χ0n) is 19.1. The van der Waals surface area contributed by atoms with E-state index in [2.05, 4.69) is 49.3 Å². The molecule has 4 rings (SSSR count). The van der Waals surface area contributed by atoms with Gasteiger partial charge in [0.25, 0.3) is 5.91 Å². The summed E-state index contributed by atoms with van der Waals surface area (Å²) in [7, 11) is 0. The van der Waals surface area contributed by atoms with Crippen LogP contribution in [0.4, 0.5) is 0 Å². The smallest absolute Gasteiger partial charge is 0.267 e. The third-order valence-corrected chi connectivity index (χ3v) is 7.97. The van der Waals surface area contributed by atoms with Crippen molar-refractivity contribution in [2.24, 2.45) is 4.99 Å². The predicted octanol–water partition coefficient (Wildman–Crippen LogP) is 6.62. The third-order valence-electron chi connectivity index (χ3n) is 6.97. The fraction of sp³-hybridized carbons (Fsp3) is 0.680. The summed E-state index contributed by atoms with van der Waals surface area (Å²) in [6, 6.07) is 3.36. The van der Waals surface area contributed by atoms with Crippen LogP contribution in [-0.4, -0.2) is 32.6 Å². The zero-order valence-corrected chi connectivity index (χ0v) is 19.9. The van der Waals surface area contributed by atoms with Gasteiger partial charge in [-0.25, -0.2) is 0 Å². The molecule has 1 aromatic rings. The summed E-state index contributed by atoms with van der Waals surface area (Å²) in [6.07, 6.45) is 14.3. The normalized spacial score (nSPS) is 24.7. The largest absolute Gasteiger partial charge is 0.346 e. The minimum Gasteiger partial charge on any atom is -0.346 e. The first kappa shape index (κ1) is 21.7. The first-order chi connectivity index (χ1) is 14.5. The molecular weight excluding hydrogens is 390 g/mol. The van der Waals surface area contributed by atoms with Crippen molar-refractivity contribution < 1.29 is 4.79 Å². The average Bonchev–Trinajstić information content (AvgIpc) is 3.18. The van der Waals surface area contributed by atoms with E-state index in [1.807, 2.05) is 0 Å². The number of carbonyl (C=O) groups excluding carboxylic acids is 1. The van der Waals surface area contributed by atoms with Crippen molar-refractivity contribution in [3.63, 3.8) is 0 Å². The number of aromatic nitrogens is 1. The van der Waals surface area contributed by atoms with Crippen LogP contribution in [0.2, 0.25) is 0 Å². The van der Waals surface area contributed by atoms with Gasteiger partial charge in [0.15, 0.2) is 5.17 Å². The van der Waals surface area contributed by atoms with Crippen molar-refractivity contribution >= 4 is 28.9 Å². The maximum absolute atomic E-state index is 13.5. The molecular formula is C25H37N3OS. The molecule has 0 atom stereocenters. The van der Waals surface area contributed by atoms with Gasteiger partial charge in [0.05, 0.1) is 10.9 Å². The molecule has 0 unspecified atom stereocenters. The summed E-state index contributed by atoms with van der Waals surface area (Å²) in [5, 5.41) is 0.975. The summed E-state index contributed by atoms with van der Waals surface area (Å²) < 4.78 is 2.35. The Kier molecular flexibility index (Phi) is 6.76. The van der Waals surface area contributed by atoms with Gasteiger partial charge in [-0.05, 0) is 82.8 Å². The lowest BCUT2D eigenvalue weighted by molar-refractivity contribution is -0.124. The highest BCUT2D eigenvalue weighted by Crippen LogP contribution is 2.39. The molecule has 5 heteroatoms. The van der Waals surface area contributed by atoms with E-state index in [9.17, 15) is 4.79 Å². The lowest BCUT2D eigenvalue weighted by Crippen LogP contribution is -2.41. The fourth-order valence-electron chi connectivity index (χ4n) is 5.49. The van der Waals surface area contributed by atoms with Gasteiger partial charge in [-0.1, -0.05) is 38.5 Å². The Morgan fingerprint density at radius 2 is 1.67 bits per heavy atom. The van der Waals surface area contributed by atoms with E-state index in [1.165, 1.54) is 68.3 Å². The molecule has 1 aromatic heterocycles. The topological polar surface area (TPSA) is 37.6 Å². The Morgan fingerprint density at radius 1 is 1.03 bits per heavy atom. The lowest BCUT2D eigenvalue weighted by atomic mass is 9.94. The highest BCUT2D eigenvalue weighted by atomic mass is 32.2. The number of nitrogens with zero attached hydrogens (tertiary/aromatic N) is 3. The van der Waals surface area contributed by atoms with Crippen LogP contribution in [0.25, 0.3) is 6.08 Å². The Balaban J connectivity index is 1.66. The van der Waals surface area contributed by atoms with Crippen LogP contribution in [0.3, 0.4) is 0 Å². The van der Waals surface area contributed by atoms with Crippen molar-refractivity contribution in [3.05, 3.63) is 27.9 Å². The van der Waals surface area contributed by atoms with Crippen LogP contribution in [0.1, 0.15) is 101 Å². The summed E-state index contributed by atoms with van der Waals surface area (Å²) >= 11 is 1.62. The number of amidine groups is 1. The van der Waals surface area contributed by atoms with Gasteiger partial charge in [-0.2, -0.15) is 0 Å². The van der Waals surface area contributed by atoms with Gasteiger partial charge in [0, 0.05) is 23.5 Å². The van der Waals surface area contributed by atoms with Crippen LogP contribution < -0.4 is 0 Å². The molecule has 30 heavy (non-hydrogen) atoms. The molecule has 0 aromatic carbocycles. The van der Waals surface area contributed by atoms with E-state index >= 15 is 0 Å². The number of aliphatic imine (C=N–C) groups is 1. The third kappa shape index (κ3) is 4.42. The molecule has 0 bridgehead atoms. The van der Waals surface area contributed by atoms with Crippen molar-refractivity contribution in [2.75, 3.05) is 0 Å². The molecule has 0 spiro atoms. The standard InChI is InChI=1S/C25H37N3OS/c1-17(2)27-18(3)15-20(19(27)4)16-23-24(29)28(22-13-9-6-10-14-22)25(30-23)26-21-11-7-5-8-12-21/h15-17,21-22H,5-14H2,1-4H3. The van der Waals surface area contributed by atoms with Gasteiger partial charge < -0.3 is 4.57 Å². The second-order valence-corrected chi connectivity index (χ2v) is 10.6. The van der Waals surface area contributed by atoms with Gasteiger partial charge >= 0.3 is 0 Å². The van der Waals surface area contributed by atoms with Crippen LogP contribution in [0, 0.1) is 13.8 Å². The van der Waals surface area contributed by atoms with Crippen molar-refractivity contribution in [2.45, 2.75) is 110 Å². The molecule has 164 valence electrons. The van der Waals surface area contributed by atoms with Gasteiger partial charge in [0.1, 0.15) is 0 Å². The summed E-state index contributed by atoms with van der Waals surface area (Å²) in [5.74, 6) is 0.177. The van der Waals surface area contributed by atoms with Crippen LogP contribution >= 0.6 is 11.8 Å². The molecule has 3 fully saturated rings. The Labute approximate surface area is 186 Å². The van der Waals surface area contributed by atoms with Gasteiger partial charge in [-0.15, -0.1) is 0 Å². The molecule has 0 radical (unpaired) electrons. The van der Waals surface area contributed by atoms with Crippen LogP contribution in [0.15, 0.2) is 16.0 Å². The molecule has 1 saturated heterocycles. The quantitative estimate of drug-likeness (QED) is 0.506. The molecule has 4 nitrogen and oxygen atoms in total. The van der Waals surface area contributed by atoms with E-state index in [-0.39, 0.29) is 5.91 Å². The number of aryl methyl sites for hydroxylation is 1. The predicted molar refractivity (Wildman–Crippen MR) is 128 cm³/mol. The fourth-order valence-corrected chi connectivity index (χ4v) is 6.59. The SMILES string of the molecule is Cc1cc(C=C2SC(=NC3CCCCC3)N(C3CCCCC3)C2=O)c(C)n1C(C)C. The summed E-state index contributed by atoms with van der Waals surface area (Å²) in [4.78, 5) is 21.6. The van der Waals surface area contributed by atoms with Crippen LogP contribution in [-0.2, 0) is 4.79 Å². The lowest BCUT2D eigenvalue weighted by Gasteiger charge is -2.31. The molecule has 1 aliphatic heterocycles. The summed E-state index contributed by atoms with van der Waals surface area (Å²) in [5.41, 5.74) is 3.66.